The molecule has 1 heterocycles. The van der Waals surface area contributed by atoms with Crippen LogP contribution in [0.15, 0.2) is 27.8 Å². The van der Waals surface area contributed by atoms with Gasteiger partial charge in [-0.25, -0.2) is 0 Å². The van der Waals surface area contributed by atoms with Gasteiger partial charge in [-0.2, -0.15) is 0 Å². The summed E-state index contributed by atoms with van der Waals surface area (Å²) in [6.07, 6.45) is 0.840. The summed E-state index contributed by atoms with van der Waals surface area (Å²) in [4.78, 5) is 4.38. The average Bonchev–Trinajstić information content (AvgIpc) is 2.89. The van der Waals surface area contributed by atoms with Gasteiger partial charge in [-0.05, 0) is 31.9 Å². The number of nitrogens with zero attached hydrogens (tertiary/aromatic N) is 1. The first kappa shape index (κ1) is 19.2. The highest BCUT2D eigenvalue weighted by molar-refractivity contribution is 14.0. The minimum absolute atomic E-state index is 0. The monoisotopic (exact) mass is 395 g/mol. The molecule has 1 rings (SSSR count). The van der Waals surface area contributed by atoms with Crippen LogP contribution in [0.2, 0.25) is 0 Å². The fraction of sp³-hybridized carbons (Fsp3) is 0.643. The molecule has 0 spiro atoms. The van der Waals surface area contributed by atoms with E-state index in [0.717, 1.165) is 6.54 Å². The third-order valence-corrected chi connectivity index (χ3v) is 3.00. The normalized spacial score (nSPS) is 14.6. The summed E-state index contributed by atoms with van der Waals surface area (Å²) in [5.41, 5.74) is 0. The lowest BCUT2D eigenvalue weighted by Crippen LogP contribution is -2.44. The highest BCUT2D eigenvalue weighted by Crippen LogP contribution is 2.12. The van der Waals surface area contributed by atoms with Gasteiger partial charge < -0.3 is 20.2 Å². The van der Waals surface area contributed by atoms with Crippen molar-refractivity contribution in [3.8, 4) is 0 Å². The van der Waals surface area contributed by atoms with E-state index in [9.17, 15) is 5.11 Å². The highest BCUT2D eigenvalue weighted by Gasteiger charge is 2.12. The molecule has 0 radical (unpaired) electrons. The van der Waals surface area contributed by atoms with Crippen molar-refractivity contribution < 1.29 is 9.52 Å². The SMILES string of the molecule is CCNC(=NCC(O)c1ccco1)NC(C)C(C)C.I. The van der Waals surface area contributed by atoms with E-state index in [2.05, 4.69) is 36.4 Å². The maximum atomic E-state index is 9.91. The second-order valence-electron chi connectivity index (χ2n) is 4.93. The smallest absolute Gasteiger partial charge is 0.191 e. The molecular weight excluding hydrogens is 369 g/mol. The Morgan fingerprint density at radius 2 is 2.10 bits per heavy atom. The van der Waals surface area contributed by atoms with Crippen molar-refractivity contribution in [3.05, 3.63) is 24.2 Å². The molecule has 6 heteroatoms. The molecule has 116 valence electrons. The van der Waals surface area contributed by atoms with E-state index >= 15 is 0 Å². The molecule has 2 unspecified atom stereocenters. The van der Waals surface area contributed by atoms with Crippen molar-refractivity contribution in [1.82, 2.24) is 10.6 Å². The fourth-order valence-electron chi connectivity index (χ4n) is 1.45. The first-order valence-corrected chi connectivity index (χ1v) is 6.80. The van der Waals surface area contributed by atoms with Crippen molar-refractivity contribution in [1.29, 1.82) is 0 Å². The second-order valence-corrected chi connectivity index (χ2v) is 4.93. The number of nitrogens with one attached hydrogen (secondary N) is 2. The Kier molecular flexibility index (Phi) is 9.66. The predicted molar refractivity (Wildman–Crippen MR) is 92.5 cm³/mol. The topological polar surface area (TPSA) is 69.8 Å². The predicted octanol–water partition coefficient (Wildman–Crippen LogP) is 2.53. The van der Waals surface area contributed by atoms with Crippen molar-refractivity contribution in [3.63, 3.8) is 0 Å². The summed E-state index contributed by atoms with van der Waals surface area (Å²) >= 11 is 0. The molecule has 0 aliphatic carbocycles. The van der Waals surface area contributed by atoms with Gasteiger partial charge in [-0.3, -0.25) is 4.99 Å². The van der Waals surface area contributed by atoms with Crippen LogP contribution in [0.5, 0.6) is 0 Å². The van der Waals surface area contributed by atoms with E-state index in [1.165, 1.54) is 0 Å². The lowest BCUT2D eigenvalue weighted by Gasteiger charge is -2.21. The molecule has 0 saturated carbocycles. The number of aliphatic imine (C=N–C) groups is 1. The second kappa shape index (κ2) is 10.0. The van der Waals surface area contributed by atoms with Gasteiger partial charge in [0.05, 0.1) is 12.8 Å². The van der Waals surface area contributed by atoms with Crippen molar-refractivity contribution in [2.75, 3.05) is 13.1 Å². The zero-order valence-corrected chi connectivity index (χ0v) is 14.9. The summed E-state index contributed by atoms with van der Waals surface area (Å²) in [6, 6.07) is 3.82. The first-order valence-electron chi connectivity index (χ1n) is 6.80. The van der Waals surface area contributed by atoms with Crippen molar-refractivity contribution in [2.45, 2.75) is 39.8 Å². The Morgan fingerprint density at radius 3 is 2.60 bits per heavy atom. The van der Waals surface area contributed by atoms with Gasteiger partial charge in [0.15, 0.2) is 5.96 Å². The van der Waals surface area contributed by atoms with Gasteiger partial charge in [-0.1, -0.05) is 13.8 Å². The van der Waals surface area contributed by atoms with E-state index in [-0.39, 0.29) is 30.5 Å². The van der Waals surface area contributed by atoms with Crippen LogP contribution in [0.4, 0.5) is 0 Å². The molecule has 2 atom stereocenters. The zero-order chi connectivity index (χ0) is 14.3. The minimum atomic E-state index is -0.709. The van der Waals surface area contributed by atoms with Crippen molar-refractivity contribution in [2.24, 2.45) is 10.9 Å². The number of guanidine groups is 1. The fourth-order valence-corrected chi connectivity index (χ4v) is 1.45. The molecule has 0 aliphatic rings. The Morgan fingerprint density at radius 1 is 1.40 bits per heavy atom. The molecule has 0 amide bonds. The summed E-state index contributed by atoms with van der Waals surface area (Å²) < 4.78 is 5.15. The summed E-state index contributed by atoms with van der Waals surface area (Å²) in [6.45, 7) is 9.49. The molecule has 5 nitrogen and oxygen atoms in total. The number of aliphatic hydroxyl groups excluding tert-OH is 1. The highest BCUT2D eigenvalue weighted by atomic mass is 127. The van der Waals surface area contributed by atoms with Gasteiger partial charge in [-0.15, -0.1) is 24.0 Å². The van der Waals surface area contributed by atoms with Crippen LogP contribution in [-0.4, -0.2) is 30.2 Å². The van der Waals surface area contributed by atoms with Gasteiger partial charge in [0.25, 0.3) is 0 Å². The van der Waals surface area contributed by atoms with Gasteiger partial charge >= 0.3 is 0 Å². The molecule has 0 aromatic carbocycles. The van der Waals surface area contributed by atoms with Crippen LogP contribution in [-0.2, 0) is 0 Å². The van der Waals surface area contributed by atoms with Crippen LogP contribution >= 0.6 is 24.0 Å². The van der Waals surface area contributed by atoms with E-state index < -0.39 is 6.10 Å². The molecule has 1 aromatic heterocycles. The van der Waals surface area contributed by atoms with E-state index in [1.807, 2.05) is 6.92 Å². The van der Waals surface area contributed by atoms with Crippen LogP contribution < -0.4 is 10.6 Å². The standard InChI is InChI=1S/C14H25N3O2.HI/c1-5-15-14(17-11(4)10(2)3)16-9-12(18)13-7-6-8-19-13;/h6-8,10-12,18H,5,9H2,1-4H3,(H2,15,16,17);1H. The molecule has 0 aliphatic heterocycles. The number of aliphatic hydroxyl groups is 1. The molecule has 3 N–H and O–H groups in total. The number of hydrogen-bond acceptors (Lipinski definition) is 3. The number of rotatable bonds is 6. The number of furan rings is 1. The lowest BCUT2D eigenvalue weighted by atomic mass is 10.1. The van der Waals surface area contributed by atoms with Crippen LogP contribution in [0.25, 0.3) is 0 Å². The quantitative estimate of drug-likeness (QED) is 0.393. The third-order valence-electron chi connectivity index (χ3n) is 3.00. The zero-order valence-electron chi connectivity index (χ0n) is 12.6. The number of halogens is 1. The summed E-state index contributed by atoms with van der Waals surface area (Å²) in [5, 5.41) is 16.4. The Balaban J connectivity index is 0.00000361. The number of hydrogen-bond donors (Lipinski definition) is 3. The van der Waals surface area contributed by atoms with E-state index in [1.54, 1.807) is 18.4 Å². The van der Waals surface area contributed by atoms with Crippen molar-refractivity contribution >= 4 is 29.9 Å². The molecular formula is C14H26IN3O2. The Labute approximate surface area is 138 Å². The molecule has 0 bridgehead atoms. The molecule has 20 heavy (non-hydrogen) atoms. The first-order chi connectivity index (χ1) is 9.04. The van der Waals surface area contributed by atoms with Gasteiger partial charge in [0.2, 0.25) is 0 Å². The third kappa shape index (κ3) is 6.60. The van der Waals surface area contributed by atoms with E-state index in [4.69, 9.17) is 4.42 Å². The molecule has 0 saturated heterocycles. The summed E-state index contributed by atoms with van der Waals surface area (Å²) in [7, 11) is 0. The average molecular weight is 395 g/mol. The van der Waals surface area contributed by atoms with Crippen LogP contribution in [0.3, 0.4) is 0 Å². The largest absolute Gasteiger partial charge is 0.467 e. The van der Waals surface area contributed by atoms with Gasteiger partial charge in [0, 0.05) is 12.6 Å². The van der Waals surface area contributed by atoms with Gasteiger partial charge in [0.1, 0.15) is 11.9 Å². The minimum Gasteiger partial charge on any atom is -0.467 e. The Hall–Kier alpha value is -0.760. The van der Waals surface area contributed by atoms with E-state index in [0.29, 0.717) is 23.7 Å². The lowest BCUT2D eigenvalue weighted by molar-refractivity contribution is 0.158. The molecule has 1 aromatic rings. The maximum Gasteiger partial charge on any atom is 0.191 e. The molecule has 0 fully saturated rings. The maximum absolute atomic E-state index is 9.91. The Bertz CT molecular complexity index is 380. The van der Waals surface area contributed by atoms with Crippen LogP contribution in [0.1, 0.15) is 39.6 Å². The van der Waals surface area contributed by atoms with Crippen LogP contribution in [0, 0.1) is 5.92 Å². The summed E-state index contributed by atoms with van der Waals surface area (Å²) in [5.74, 6) is 1.77.